The minimum atomic E-state index is 0. The number of thiophene rings is 1. The van der Waals surface area contributed by atoms with Gasteiger partial charge in [-0.25, -0.2) is 4.98 Å². The highest BCUT2D eigenvalue weighted by molar-refractivity contribution is 7.09. The second kappa shape index (κ2) is 8.19. The normalized spacial score (nSPS) is 20.3. The van der Waals surface area contributed by atoms with Gasteiger partial charge in [-0.05, 0) is 42.5 Å². The summed E-state index contributed by atoms with van der Waals surface area (Å²) in [4.78, 5) is 18.9. The molecule has 0 aromatic carbocycles. The van der Waals surface area contributed by atoms with Gasteiger partial charge < -0.3 is 14.5 Å². The van der Waals surface area contributed by atoms with Crippen molar-refractivity contribution in [3.8, 4) is 11.4 Å². The van der Waals surface area contributed by atoms with E-state index in [0.29, 0.717) is 17.4 Å². The lowest BCUT2D eigenvalue weighted by Gasteiger charge is -2.37. The van der Waals surface area contributed by atoms with Gasteiger partial charge in [-0.3, -0.25) is 4.79 Å². The predicted octanol–water partition coefficient (Wildman–Crippen LogP) is 3.37. The smallest absolute Gasteiger partial charge is 0.261 e. The molecule has 5 heterocycles. The van der Waals surface area contributed by atoms with Crippen molar-refractivity contribution in [3.63, 3.8) is 0 Å². The molecule has 0 unspecified atom stereocenters. The SMILES string of the molecule is Cl.Cl.O=c1c(-c2nccn2Cc2cccs2)ccc2n1C[C@@H]1CNC[C@H]2C1. The molecule has 0 radical (unpaired) electrons. The zero-order valence-corrected chi connectivity index (χ0v) is 17.2. The standard InChI is InChI=1S/C19H20N4OS.2ClH/c24-19-16(18-21-5-6-22(18)12-15-2-1-7-25-15)3-4-17-14-8-13(9-20-10-14)11-23(17)19;;/h1-7,13-14,20H,8-12H2;2*1H/t13-,14+;;/m0../s1. The van der Waals surface area contributed by atoms with E-state index in [1.165, 1.54) is 17.0 Å². The molecule has 0 aliphatic carbocycles. The Kier molecular flexibility index (Phi) is 6.11. The summed E-state index contributed by atoms with van der Waals surface area (Å²) in [5, 5.41) is 5.57. The number of pyridine rings is 1. The Morgan fingerprint density at radius 3 is 2.93 bits per heavy atom. The molecule has 5 rings (SSSR count). The van der Waals surface area contributed by atoms with Gasteiger partial charge >= 0.3 is 0 Å². The summed E-state index contributed by atoms with van der Waals surface area (Å²) in [5.41, 5.74) is 1.99. The van der Waals surface area contributed by atoms with E-state index in [9.17, 15) is 4.79 Å². The number of piperidine rings is 1. The molecule has 0 spiro atoms. The van der Waals surface area contributed by atoms with Crippen LogP contribution in [0.15, 0.2) is 46.8 Å². The van der Waals surface area contributed by atoms with Crippen LogP contribution in [0, 0.1) is 5.92 Å². The molecule has 1 N–H and O–H groups in total. The number of hydrogen-bond acceptors (Lipinski definition) is 4. The molecule has 1 saturated heterocycles. The van der Waals surface area contributed by atoms with E-state index in [4.69, 9.17) is 0 Å². The van der Waals surface area contributed by atoms with Crippen LogP contribution in [0.4, 0.5) is 0 Å². The third-order valence-electron chi connectivity index (χ3n) is 5.37. The van der Waals surface area contributed by atoms with E-state index >= 15 is 0 Å². The van der Waals surface area contributed by atoms with Crippen molar-refractivity contribution >= 4 is 36.2 Å². The van der Waals surface area contributed by atoms with Crippen LogP contribution in [0.3, 0.4) is 0 Å². The van der Waals surface area contributed by atoms with Gasteiger partial charge in [0.15, 0.2) is 0 Å². The molecule has 27 heavy (non-hydrogen) atoms. The molecule has 3 aromatic rings. The van der Waals surface area contributed by atoms with Gasteiger partial charge in [0.25, 0.3) is 5.56 Å². The Morgan fingerprint density at radius 1 is 1.22 bits per heavy atom. The summed E-state index contributed by atoms with van der Waals surface area (Å²) >= 11 is 1.72. The number of nitrogens with one attached hydrogen (secondary N) is 1. The van der Waals surface area contributed by atoms with Crippen LogP contribution in [-0.2, 0) is 13.1 Å². The van der Waals surface area contributed by atoms with Gasteiger partial charge in [-0.1, -0.05) is 6.07 Å². The third kappa shape index (κ3) is 3.59. The maximum Gasteiger partial charge on any atom is 0.261 e. The number of fused-ring (bicyclic) bond motifs is 4. The fourth-order valence-electron chi connectivity index (χ4n) is 4.21. The molecule has 2 aliphatic rings. The minimum absolute atomic E-state index is 0. The number of halogens is 2. The van der Waals surface area contributed by atoms with Crippen molar-refractivity contribution in [2.24, 2.45) is 5.92 Å². The first-order valence-corrected chi connectivity index (χ1v) is 9.66. The second-order valence-corrected chi connectivity index (χ2v) is 8.03. The average Bonchev–Trinajstić information content (AvgIpc) is 3.29. The van der Waals surface area contributed by atoms with Crippen molar-refractivity contribution in [3.05, 3.63) is 63.0 Å². The monoisotopic (exact) mass is 424 g/mol. The van der Waals surface area contributed by atoms with E-state index < -0.39 is 0 Å². The van der Waals surface area contributed by atoms with Crippen LogP contribution in [-0.4, -0.2) is 27.2 Å². The lowest BCUT2D eigenvalue weighted by molar-refractivity contribution is 0.257. The summed E-state index contributed by atoms with van der Waals surface area (Å²) in [6.07, 6.45) is 4.93. The molecule has 1 fully saturated rings. The van der Waals surface area contributed by atoms with Gasteiger partial charge in [0.1, 0.15) is 5.82 Å². The zero-order chi connectivity index (χ0) is 16.8. The summed E-state index contributed by atoms with van der Waals surface area (Å²) in [7, 11) is 0. The van der Waals surface area contributed by atoms with Crippen LogP contribution in [0.1, 0.15) is 22.9 Å². The number of imidazole rings is 1. The highest BCUT2D eigenvalue weighted by Crippen LogP contribution is 2.32. The van der Waals surface area contributed by atoms with Crippen molar-refractivity contribution < 1.29 is 0 Å². The molecule has 8 heteroatoms. The summed E-state index contributed by atoms with van der Waals surface area (Å²) in [6, 6.07) is 8.27. The van der Waals surface area contributed by atoms with E-state index in [1.54, 1.807) is 17.5 Å². The van der Waals surface area contributed by atoms with E-state index in [0.717, 1.165) is 32.0 Å². The van der Waals surface area contributed by atoms with Gasteiger partial charge in [0.05, 0.1) is 12.1 Å². The van der Waals surface area contributed by atoms with E-state index in [2.05, 4.69) is 38.4 Å². The van der Waals surface area contributed by atoms with Gasteiger partial charge in [-0.2, -0.15) is 0 Å². The molecule has 2 aliphatic heterocycles. The first kappa shape index (κ1) is 20.1. The van der Waals surface area contributed by atoms with Crippen molar-refractivity contribution in [2.75, 3.05) is 13.1 Å². The Balaban J connectivity index is 0.00000105. The number of rotatable bonds is 3. The molecule has 3 aromatic heterocycles. The fraction of sp³-hybridized carbons (Fsp3) is 0.368. The third-order valence-corrected chi connectivity index (χ3v) is 6.23. The first-order valence-electron chi connectivity index (χ1n) is 8.78. The largest absolute Gasteiger partial charge is 0.326 e. The van der Waals surface area contributed by atoms with Gasteiger partial charge in [-0.15, -0.1) is 36.2 Å². The van der Waals surface area contributed by atoms with Crippen LogP contribution in [0.5, 0.6) is 0 Å². The first-order chi connectivity index (χ1) is 12.3. The average molecular weight is 425 g/mol. The maximum absolute atomic E-state index is 13.2. The topological polar surface area (TPSA) is 51.9 Å². The highest BCUT2D eigenvalue weighted by Gasteiger charge is 2.31. The van der Waals surface area contributed by atoms with Crippen molar-refractivity contribution in [1.82, 2.24) is 19.4 Å². The van der Waals surface area contributed by atoms with Gasteiger partial charge in [0.2, 0.25) is 0 Å². The fourth-order valence-corrected chi connectivity index (χ4v) is 4.92. The molecule has 5 nitrogen and oxygen atoms in total. The van der Waals surface area contributed by atoms with Crippen LogP contribution in [0.2, 0.25) is 0 Å². The molecule has 0 amide bonds. The molecule has 2 bridgehead atoms. The quantitative estimate of drug-likeness (QED) is 0.700. The molecular weight excluding hydrogens is 403 g/mol. The molecule has 144 valence electrons. The molecule has 0 saturated carbocycles. The van der Waals surface area contributed by atoms with Crippen molar-refractivity contribution in [1.29, 1.82) is 0 Å². The molecular formula is C19H22Cl2N4OS. The Bertz CT molecular complexity index is 967. The van der Waals surface area contributed by atoms with Crippen LogP contribution < -0.4 is 10.9 Å². The summed E-state index contributed by atoms with van der Waals surface area (Å²) < 4.78 is 4.07. The van der Waals surface area contributed by atoms with Crippen LogP contribution in [0.25, 0.3) is 11.4 Å². The van der Waals surface area contributed by atoms with E-state index in [-0.39, 0.29) is 30.4 Å². The number of hydrogen-bond donors (Lipinski definition) is 1. The minimum Gasteiger partial charge on any atom is -0.326 e. The van der Waals surface area contributed by atoms with Gasteiger partial charge in [0, 0.05) is 42.0 Å². The number of nitrogens with zero attached hydrogens (tertiary/aromatic N) is 3. The Hall–Kier alpha value is -1.60. The van der Waals surface area contributed by atoms with Crippen LogP contribution >= 0.6 is 36.2 Å². The summed E-state index contributed by atoms with van der Waals surface area (Å²) in [5.74, 6) is 1.78. The highest BCUT2D eigenvalue weighted by atomic mass is 35.5. The lowest BCUT2D eigenvalue weighted by Crippen LogP contribution is -2.45. The predicted molar refractivity (Wildman–Crippen MR) is 114 cm³/mol. The lowest BCUT2D eigenvalue weighted by atomic mass is 9.84. The zero-order valence-electron chi connectivity index (χ0n) is 14.7. The Morgan fingerprint density at radius 2 is 2.11 bits per heavy atom. The Labute approximate surface area is 174 Å². The molecule has 2 atom stereocenters. The maximum atomic E-state index is 13.2. The van der Waals surface area contributed by atoms with Crippen molar-refractivity contribution in [2.45, 2.75) is 25.4 Å². The number of aromatic nitrogens is 3. The second-order valence-electron chi connectivity index (χ2n) is 7.00. The summed E-state index contributed by atoms with van der Waals surface area (Å²) in [6.45, 7) is 3.56. The van der Waals surface area contributed by atoms with E-state index in [1.807, 2.05) is 16.8 Å².